The van der Waals surface area contributed by atoms with Gasteiger partial charge in [-0.15, -0.1) is 0 Å². The highest BCUT2D eigenvalue weighted by Crippen LogP contribution is 2.39. The lowest BCUT2D eigenvalue weighted by atomic mass is 9.91. The second-order valence-corrected chi connectivity index (χ2v) is 8.60. The Morgan fingerprint density at radius 2 is 1.84 bits per heavy atom. The third-order valence-corrected chi connectivity index (χ3v) is 5.53. The number of imide groups is 1. The summed E-state index contributed by atoms with van der Waals surface area (Å²) in [6.07, 6.45) is 4.55. The Morgan fingerprint density at radius 1 is 1.16 bits per heavy atom. The molecule has 7 nitrogen and oxygen atoms in total. The summed E-state index contributed by atoms with van der Waals surface area (Å²) in [7, 11) is 8.03. The van der Waals surface area contributed by atoms with E-state index >= 15 is 0 Å². The summed E-state index contributed by atoms with van der Waals surface area (Å²) in [5, 5.41) is 12.1. The topological polar surface area (TPSA) is 76.1 Å². The number of amides is 2. The Morgan fingerprint density at radius 3 is 2.39 bits per heavy atom. The number of nitrogens with zero attached hydrogens (tertiary/aromatic N) is 3. The first-order valence-electron chi connectivity index (χ1n) is 10.9. The van der Waals surface area contributed by atoms with Crippen LogP contribution in [0, 0.1) is 5.92 Å². The maximum absolute atomic E-state index is 11.7. The third kappa shape index (κ3) is 7.99. The molecule has 0 aliphatic carbocycles. The Balaban J connectivity index is 3.33. The van der Waals surface area contributed by atoms with Crippen LogP contribution in [0.5, 0.6) is 0 Å². The number of aliphatic hydroxyl groups excluding tert-OH is 1. The smallest absolute Gasteiger partial charge is 0.226 e. The van der Waals surface area contributed by atoms with Gasteiger partial charge in [0, 0.05) is 38.7 Å². The first kappa shape index (κ1) is 26.7. The molecule has 2 N–H and O–H groups in total. The van der Waals surface area contributed by atoms with Crippen LogP contribution in [-0.2, 0) is 9.59 Å². The summed E-state index contributed by atoms with van der Waals surface area (Å²) < 4.78 is 0. The van der Waals surface area contributed by atoms with Crippen LogP contribution in [0.3, 0.4) is 0 Å². The minimum atomic E-state index is -0.275. The fourth-order valence-corrected chi connectivity index (χ4v) is 3.56. The molecule has 1 atom stereocenters. The van der Waals surface area contributed by atoms with Crippen LogP contribution in [0.2, 0.25) is 0 Å². The van der Waals surface area contributed by atoms with E-state index in [1.807, 2.05) is 31.1 Å². The molecule has 1 aromatic carbocycles. The van der Waals surface area contributed by atoms with Crippen molar-refractivity contribution in [1.29, 1.82) is 0 Å². The maximum Gasteiger partial charge on any atom is 0.226 e. The van der Waals surface area contributed by atoms with Crippen molar-refractivity contribution in [2.45, 2.75) is 46.1 Å². The molecule has 0 radical (unpaired) electrons. The van der Waals surface area contributed by atoms with Crippen molar-refractivity contribution in [1.82, 2.24) is 10.2 Å². The largest absolute Gasteiger partial charge is 0.376 e. The van der Waals surface area contributed by atoms with Crippen LogP contribution >= 0.6 is 0 Å². The van der Waals surface area contributed by atoms with Gasteiger partial charge in [-0.2, -0.15) is 0 Å². The number of carbonyl (C=O) groups is 2. The zero-order valence-electron chi connectivity index (χ0n) is 20.2. The summed E-state index contributed by atoms with van der Waals surface area (Å²) >= 11 is 0. The van der Waals surface area contributed by atoms with Gasteiger partial charge < -0.3 is 19.8 Å². The van der Waals surface area contributed by atoms with Gasteiger partial charge >= 0.3 is 0 Å². The van der Waals surface area contributed by atoms with E-state index < -0.39 is 0 Å². The van der Waals surface area contributed by atoms with Crippen molar-refractivity contribution in [2.24, 2.45) is 5.92 Å². The standard InChI is InChI=1S/C24H40N4O3/c1-18(2)20(11-9-15-26(4)5)21-10-8-12-22(24(21)27(6)17-30)28(7)19(3)13-14-23(31)25-16-29/h8,10-12,16,18-19,30H,9,13-15,17H2,1-7H3,(H,25,29,31)/b20-11+/t19-/m0/s1. The number of hydrogen-bond donors (Lipinski definition) is 2. The number of rotatable bonds is 13. The zero-order valence-corrected chi connectivity index (χ0v) is 20.2. The second kappa shape index (κ2) is 13.1. The van der Waals surface area contributed by atoms with Crippen molar-refractivity contribution in [3.8, 4) is 0 Å². The molecule has 1 rings (SSSR count). The molecule has 0 aromatic heterocycles. The lowest BCUT2D eigenvalue weighted by Crippen LogP contribution is -2.33. The molecule has 0 saturated heterocycles. The van der Waals surface area contributed by atoms with Gasteiger partial charge in [0.25, 0.3) is 0 Å². The van der Waals surface area contributed by atoms with E-state index in [9.17, 15) is 14.7 Å². The van der Waals surface area contributed by atoms with E-state index in [-0.39, 0.29) is 25.1 Å². The molecule has 0 aliphatic rings. The third-order valence-electron chi connectivity index (χ3n) is 5.53. The van der Waals surface area contributed by atoms with Crippen LogP contribution < -0.4 is 15.1 Å². The number of para-hydroxylation sites is 1. The van der Waals surface area contributed by atoms with Crippen molar-refractivity contribution in [2.75, 3.05) is 51.3 Å². The van der Waals surface area contributed by atoms with E-state index in [1.165, 1.54) is 5.57 Å². The van der Waals surface area contributed by atoms with Crippen molar-refractivity contribution < 1.29 is 14.7 Å². The van der Waals surface area contributed by atoms with E-state index in [0.717, 1.165) is 29.9 Å². The zero-order chi connectivity index (χ0) is 23.6. The van der Waals surface area contributed by atoms with Crippen LogP contribution in [0.25, 0.3) is 5.57 Å². The molecule has 0 saturated carbocycles. The van der Waals surface area contributed by atoms with Gasteiger partial charge in [-0.05, 0) is 51.4 Å². The van der Waals surface area contributed by atoms with Crippen LogP contribution in [0.15, 0.2) is 24.3 Å². The maximum atomic E-state index is 11.7. The SMILES string of the molecule is CC(C)/C(=C\CCN(C)C)c1cccc(N(C)[C@@H](C)CCC(=O)NC=O)c1N(C)CO. The average Bonchev–Trinajstić information content (AvgIpc) is 2.73. The van der Waals surface area contributed by atoms with Crippen LogP contribution in [0.4, 0.5) is 11.4 Å². The molecule has 174 valence electrons. The molecule has 1 aromatic rings. The van der Waals surface area contributed by atoms with Gasteiger partial charge in [-0.1, -0.05) is 32.1 Å². The molecule has 0 bridgehead atoms. The molecular formula is C24H40N4O3. The quantitative estimate of drug-likeness (QED) is 0.369. The lowest BCUT2D eigenvalue weighted by Gasteiger charge is -2.33. The highest BCUT2D eigenvalue weighted by atomic mass is 16.3. The Hall–Kier alpha value is -2.38. The van der Waals surface area contributed by atoms with Gasteiger partial charge in [0.05, 0.1) is 11.4 Å². The van der Waals surface area contributed by atoms with Gasteiger partial charge in [-0.25, -0.2) is 0 Å². The fraction of sp³-hybridized carbons (Fsp3) is 0.583. The summed E-state index contributed by atoms with van der Waals surface area (Å²) in [6, 6.07) is 6.27. The van der Waals surface area contributed by atoms with Gasteiger partial charge in [-0.3, -0.25) is 14.9 Å². The van der Waals surface area contributed by atoms with E-state index in [4.69, 9.17) is 0 Å². The molecule has 0 heterocycles. The molecule has 7 heteroatoms. The molecule has 0 spiro atoms. The fourth-order valence-electron chi connectivity index (χ4n) is 3.56. The first-order chi connectivity index (χ1) is 14.6. The highest BCUT2D eigenvalue weighted by Gasteiger charge is 2.22. The van der Waals surface area contributed by atoms with Crippen molar-refractivity contribution >= 4 is 29.3 Å². The Bertz CT molecular complexity index is 746. The molecule has 31 heavy (non-hydrogen) atoms. The highest BCUT2D eigenvalue weighted by molar-refractivity contribution is 5.87. The predicted octanol–water partition coefficient (Wildman–Crippen LogP) is 2.94. The van der Waals surface area contributed by atoms with Gasteiger partial charge in [0.15, 0.2) is 0 Å². The number of hydrogen-bond acceptors (Lipinski definition) is 6. The first-order valence-corrected chi connectivity index (χ1v) is 10.9. The Labute approximate surface area is 187 Å². The molecule has 0 unspecified atom stereocenters. The number of nitrogens with one attached hydrogen (secondary N) is 1. The summed E-state index contributed by atoms with van der Waals surface area (Å²) in [6.45, 7) is 7.31. The van der Waals surface area contributed by atoms with E-state index in [0.29, 0.717) is 18.7 Å². The molecule has 2 amide bonds. The van der Waals surface area contributed by atoms with Crippen molar-refractivity contribution in [3.05, 3.63) is 29.8 Å². The normalized spacial score (nSPS) is 12.8. The Kier molecular flexibility index (Phi) is 11.3. The van der Waals surface area contributed by atoms with Gasteiger partial charge in [0.2, 0.25) is 12.3 Å². The van der Waals surface area contributed by atoms with Crippen molar-refractivity contribution in [3.63, 3.8) is 0 Å². The van der Waals surface area contributed by atoms with E-state index in [1.54, 1.807) is 0 Å². The van der Waals surface area contributed by atoms with E-state index in [2.05, 4.69) is 62.1 Å². The molecule has 0 aliphatic heterocycles. The van der Waals surface area contributed by atoms with Crippen LogP contribution in [0.1, 0.15) is 45.6 Å². The number of allylic oxidation sites excluding steroid dienone is 1. The monoisotopic (exact) mass is 432 g/mol. The summed E-state index contributed by atoms with van der Waals surface area (Å²) in [5.41, 5.74) is 4.34. The number of carbonyl (C=O) groups excluding carboxylic acids is 2. The summed E-state index contributed by atoms with van der Waals surface area (Å²) in [5.74, 6) is 0.0561. The summed E-state index contributed by atoms with van der Waals surface area (Å²) in [4.78, 5) is 28.3. The number of anilines is 2. The number of aliphatic hydroxyl groups is 1. The van der Waals surface area contributed by atoms with Crippen LogP contribution in [-0.4, -0.2) is 69.8 Å². The predicted molar refractivity (Wildman–Crippen MR) is 129 cm³/mol. The van der Waals surface area contributed by atoms with Gasteiger partial charge in [0.1, 0.15) is 6.73 Å². The minimum absolute atomic E-state index is 0.0683. The molecular weight excluding hydrogens is 392 g/mol. The second-order valence-electron chi connectivity index (χ2n) is 8.60. The molecule has 0 fully saturated rings. The lowest BCUT2D eigenvalue weighted by molar-refractivity contribution is -0.125. The number of benzene rings is 1. The minimum Gasteiger partial charge on any atom is -0.376 e. The average molecular weight is 433 g/mol.